The predicted octanol–water partition coefficient (Wildman–Crippen LogP) is 3.89. The third kappa shape index (κ3) is 2.02. The highest BCUT2D eigenvalue weighted by molar-refractivity contribution is 9.10. The van der Waals surface area contributed by atoms with E-state index < -0.39 is 0 Å². The zero-order valence-electron chi connectivity index (χ0n) is 10.8. The second-order valence-corrected chi connectivity index (χ2v) is 5.63. The average molecular weight is 316 g/mol. The Morgan fingerprint density at radius 3 is 2.74 bits per heavy atom. The molecule has 0 atom stereocenters. The van der Waals surface area contributed by atoms with Crippen LogP contribution >= 0.6 is 15.9 Å². The Labute approximate surface area is 120 Å². The molecular formula is C15H14BrN3. The molecule has 3 aromatic rings. The first kappa shape index (κ1) is 12.2. The normalized spacial score (nSPS) is 11.1. The molecule has 0 bridgehead atoms. The van der Waals surface area contributed by atoms with E-state index in [1.54, 1.807) is 0 Å². The van der Waals surface area contributed by atoms with Gasteiger partial charge in [-0.2, -0.15) is 0 Å². The number of hydrogen-bond acceptors (Lipinski definition) is 2. The fourth-order valence-electron chi connectivity index (χ4n) is 2.35. The van der Waals surface area contributed by atoms with E-state index in [0.29, 0.717) is 0 Å². The summed E-state index contributed by atoms with van der Waals surface area (Å²) in [6, 6.07) is 12.0. The van der Waals surface area contributed by atoms with Crippen LogP contribution in [0.15, 0.2) is 40.9 Å². The van der Waals surface area contributed by atoms with Gasteiger partial charge in [-0.25, -0.2) is 4.98 Å². The third-order valence-electron chi connectivity index (χ3n) is 3.29. The number of aryl methyl sites for hydroxylation is 2. The van der Waals surface area contributed by atoms with Gasteiger partial charge in [-0.1, -0.05) is 28.1 Å². The summed E-state index contributed by atoms with van der Waals surface area (Å²) in [4.78, 5) is 4.75. The minimum Gasteiger partial charge on any atom is -0.399 e. The highest BCUT2D eigenvalue weighted by Crippen LogP contribution is 2.29. The van der Waals surface area contributed by atoms with Gasteiger partial charge in [0.15, 0.2) is 0 Å². The quantitative estimate of drug-likeness (QED) is 0.692. The molecule has 3 nitrogen and oxygen atoms in total. The maximum atomic E-state index is 5.85. The third-order valence-corrected chi connectivity index (χ3v) is 3.74. The number of nitrogens with zero attached hydrogens (tertiary/aromatic N) is 2. The van der Waals surface area contributed by atoms with E-state index in [-0.39, 0.29) is 0 Å². The van der Waals surface area contributed by atoms with Crippen molar-refractivity contribution in [2.24, 2.45) is 7.05 Å². The van der Waals surface area contributed by atoms with Gasteiger partial charge in [-0.3, -0.25) is 0 Å². The molecule has 19 heavy (non-hydrogen) atoms. The smallest absolute Gasteiger partial charge is 0.140 e. The second-order valence-electron chi connectivity index (χ2n) is 4.71. The van der Waals surface area contributed by atoms with Gasteiger partial charge < -0.3 is 10.3 Å². The van der Waals surface area contributed by atoms with Crippen LogP contribution in [-0.2, 0) is 7.05 Å². The largest absolute Gasteiger partial charge is 0.399 e. The van der Waals surface area contributed by atoms with Crippen molar-refractivity contribution in [1.29, 1.82) is 0 Å². The summed E-state index contributed by atoms with van der Waals surface area (Å²) in [7, 11) is 2.03. The van der Waals surface area contributed by atoms with Crippen LogP contribution in [-0.4, -0.2) is 9.55 Å². The van der Waals surface area contributed by atoms with E-state index in [0.717, 1.165) is 38.1 Å². The zero-order chi connectivity index (χ0) is 13.6. The van der Waals surface area contributed by atoms with Crippen molar-refractivity contribution in [1.82, 2.24) is 9.55 Å². The lowest BCUT2D eigenvalue weighted by Crippen LogP contribution is -1.93. The van der Waals surface area contributed by atoms with Crippen LogP contribution < -0.4 is 5.73 Å². The highest BCUT2D eigenvalue weighted by Gasteiger charge is 2.12. The van der Waals surface area contributed by atoms with Crippen molar-refractivity contribution < 1.29 is 0 Å². The molecule has 3 rings (SSSR count). The van der Waals surface area contributed by atoms with E-state index in [9.17, 15) is 0 Å². The lowest BCUT2D eigenvalue weighted by molar-refractivity contribution is 0.959. The van der Waals surface area contributed by atoms with Crippen molar-refractivity contribution >= 4 is 32.7 Å². The molecule has 0 spiro atoms. The standard InChI is InChI=1S/C15H14BrN3/c1-9-6-11(16)8-13-14(9)18-15(19(13)2)10-4-3-5-12(17)7-10/h3-8H,17H2,1-2H3. The fraction of sp³-hybridized carbons (Fsp3) is 0.133. The van der Waals surface area contributed by atoms with Crippen molar-refractivity contribution in [2.75, 3.05) is 5.73 Å². The first-order valence-corrected chi connectivity index (χ1v) is 6.84. The summed E-state index contributed by atoms with van der Waals surface area (Å²) < 4.78 is 3.17. The molecule has 0 aliphatic heterocycles. The van der Waals surface area contributed by atoms with Crippen LogP contribution in [0.2, 0.25) is 0 Å². The molecule has 96 valence electrons. The zero-order valence-corrected chi connectivity index (χ0v) is 12.4. The number of halogens is 1. The number of nitrogen functional groups attached to an aromatic ring is 1. The van der Waals surface area contributed by atoms with E-state index in [1.807, 2.05) is 31.3 Å². The highest BCUT2D eigenvalue weighted by atomic mass is 79.9. The molecule has 0 saturated carbocycles. The summed E-state index contributed by atoms with van der Waals surface area (Å²) in [5.74, 6) is 0.934. The Morgan fingerprint density at radius 2 is 2.00 bits per heavy atom. The summed E-state index contributed by atoms with van der Waals surface area (Å²) >= 11 is 3.53. The SMILES string of the molecule is Cc1cc(Br)cc2c1nc(-c1cccc(N)c1)n2C. The lowest BCUT2D eigenvalue weighted by atomic mass is 10.2. The molecule has 1 heterocycles. The Morgan fingerprint density at radius 1 is 1.21 bits per heavy atom. The summed E-state index contributed by atoms with van der Waals surface area (Å²) in [5.41, 5.74) is 10.9. The number of nitrogens with two attached hydrogens (primary N) is 1. The molecule has 0 radical (unpaired) electrons. The summed E-state index contributed by atoms with van der Waals surface area (Å²) in [5, 5.41) is 0. The number of anilines is 1. The summed E-state index contributed by atoms with van der Waals surface area (Å²) in [6.07, 6.45) is 0. The Bertz CT molecular complexity index is 774. The topological polar surface area (TPSA) is 43.8 Å². The van der Waals surface area contributed by atoms with Gasteiger partial charge in [-0.15, -0.1) is 0 Å². The van der Waals surface area contributed by atoms with Gasteiger partial charge in [0, 0.05) is 22.8 Å². The van der Waals surface area contributed by atoms with Crippen LogP contribution in [0.4, 0.5) is 5.69 Å². The van der Waals surface area contributed by atoms with Crippen molar-refractivity contribution in [3.8, 4) is 11.4 Å². The Hall–Kier alpha value is -1.81. The minimum absolute atomic E-state index is 0.752. The van der Waals surface area contributed by atoms with Crippen LogP contribution in [0.1, 0.15) is 5.56 Å². The van der Waals surface area contributed by atoms with Crippen LogP contribution in [0, 0.1) is 6.92 Å². The molecular weight excluding hydrogens is 302 g/mol. The van der Waals surface area contributed by atoms with E-state index in [4.69, 9.17) is 10.7 Å². The molecule has 0 amide bonds. The van der Waals surface area contributed by atoms with E-state index in [1.165, 1.54) is 0 Å². The average Bonchev–Trinajstić information content (AvgIpc) is 2.68. The van der Waals surface area contributed by atoms with E-state index in [2.05, 4.69) is 39.6 Å². The van der Waals surface area contributed by atoms with Gasteiger partial charge in [0.1, 0.15) is 5.82 Å². The lowest BCUT2D eigenvalue weighted by Gasteiger charge is -2.03. The predicted molar refractivity (Wildman–Crippen MR) is 83.0 cm³/mol. The van der Waals surface area contributed by atoms with Crippen LogP contribution in [0.5, 0.6) is 0 Å². The van der Waals surface area contributed by atoms with Gasteiger partial charge in [0.05, 0.1) is 11.0 Å². The number of imidazole rings is 1. The molecule has 0 unspecified atom stereocenters. The maximum absolute atomic E-state index is 5.85. The number of aromatic nitrogens is 2. The molecule has 4 heteroatoms. The number of fused-ring (bicyclic) bond motifs is 1. The molecule has 0 fully saturated rings. The fourth-order valence-corrected chi connectivity index (χ4v) is 2.91. The van der Waals surface area contributed by atoms with Crippen molar-refractivity contribution in [3.05, 3.63) is 46.4 Å². The van der Waals surface area contributed by atoms with Crippen LogP contribution in [0.25, 0.3) is 22.4 Å². The monoisotopic (exact) mass is 315 g/mol. The number of rotatable bonds is 1. The maximum Gasteiger partial charge on any atom is 0.140 e. The Kier molecular flexibility index (Phi) is 2.82. The van der Waals surface area contributed by atoms with E-state index >= 15 is 0 Å². The second kappa shape index (κ2) is 4.38. The van der Waals surface area contributed by atoms with Crippen LogP contribution in [0.3, 0.4) is 0 Å². The number of benzene rings is 2. The van der Waals surface area contributed by atoms with Gasteiger partial charge >= 0.3 is 0 Å². The van der Waals surface area contributed by atoms with Gasteiger partial charge in [0.25, 0.3) is 0 Å². The summed E-state index contributed by atoms with van der Waals surface area (Å²) in [6.45, 7) is 2.07. The molecule has 0 saturated heterocycles. The minimum atomic E-state index is 0.752. The molecule has 0 aliphatic rings. The first-order chi connectivity index (χ1) is 9.06. The molecule has 2 N–H and O–H groups in total. The van der Waals surface area contributed by atoms with Crippen molar-refractivity contribution in [2.45, 2.75) is 6.92 Å². The molecule has 0 aliphatic carbocycles. The molecule has 1 aromatic heterocycles. The van der Waals surface area contributed by atoms with Gasteiger partial charge in [0.2, 0.25) is 0 Å². The Balaban J connectivity index is 2.31. The molecule has 2 aromatic carbocycles. The van der Waals surface area contributed by atoms with Crippen molar-refractivity contribution in [3.63, 3.8) is 0 Å². The van der Waals surface area contributed by atoms with Gasteiger partial charge in [-0.05, 0) is 36.8 Å². The first-order valence-electron chi connectivity index (χ1n) is 6.05. The number of hydrogen-bond donors (Lipinski definition) is 1.